The minimum Gasteiger partial charge on any atom is -0.328 e. The Labute approximate surface area is 142 Å². The summed E-state index contributed by atoms with van der Waals surface area (Å²) < 4.78 is 0. The fourth-order valence-electron chi connectivity index (χ4n) is 2.79. The van der Waals surface area contributed by atoms with E-state index in [0.717, 1.165) is 24.9 Å². The second kappa shape index (κ2) is 7.73. The Balaban J connectivity index is 1.65. The van der Waals surface area contributed by atoms with Gasteiger partial charge in [-0.2, -0.15) is 0 Å². The van der Waals surface area contributed by atoms with Gasteiger partial charge in [0, 0.05) is 24.6 Å². The zero-order valence-electron chi connectivity index (χ0n) is 13.9. The van der Waals surface area contributed by atoms with Crippen molar-refractivity contribution < 1.29 is 4.79 Å². The Morgan fingerprint density at radius 2 is 2.00 bits per heavy atom. The molecule has 1 aliphatic heterocycles. The van der Waals surface area contributed by atoms with Crippen molar-refractivity contribution in [1.29, 1.82) is 0 Å². The molecule has 2 heterocycles. The summed E-state index contributed by atoms with van der Waals surface area (Å²) in [6.45, 7) is 2.83. The fourth-order valence-corrected chi connectivity index (χ4v) is 2.79. The average Bonchev–Trinajstić information content (AvgIpc) is 3.09. The van der Waals surface area contributed by atoms with Gasteiger partial charge in [-0.25, -0.2) is 9.97 Å². The molecule has 0 fully saturated rings. The molecule has 1 N–H and O–H groups in total. The van der Waals surface area contributed by atoms with Crippen LogP contribution in [-0.4, -0.2) is 33.4 Å². The van der Waals surface area contributed by atoms with Crippen LogP contribution in [0.2, 0.25) is 0 Å². The maximum Gasteiger partial charge on any atom is 0.257 e. The quantitative estimate of drug-likeness (QED) is 0.822. The maximum absolute atomic E-state index is 12.7. The smallest absolute Gasteiger partial charge is 0.257 e. The van der Waals surface area contributed by atoms with E-state index in [4.69, 9.17) is 0 Å². The number of benzene rings is 1. The number of carbonyl (C=O) groups is 1. The van der Waals surface area contributed by atoms with Gasteiger partial charge in [-0.05, 0) is 18.6 Å². The largest absolute Gasteiger partial charge is 0.328 e. The van der Waals surface area contributed by atoms with E-state index in [1.807, 2.05) is 35.2 Å². The molecule has 24 heavy (non-hydrogen) atoms. The summed E-state index contributed by atoms with van der Waals surface area (Å²) in [5.41, 5.74) is 1.44. The highest BCUT2D eigenvalue weighted by Crippen LogP contribution is 2.19. The van der Waals surface area contributed by atoms with Crippen LogP contribution in [0.25, 0.3) is 0 Å². The summed E-state index contributed by atoms with van der Waals surface area (Å²) in [7, 11) is 0. The molecule has 0 radical (unpaired) electrons. The van der Waals surface area contributed by atoms with Crippen molar-refractivity contribution in [3.63, 3.8) is 0 Å². The monoisotopic (exact) mass is 322 g/mol. The Morgan fingerprint density at radius 1 is 1.25 bits per heavy atom. The van der Waals surface area contributed by atoms with Gasteiger partial charge in [0.1, 0.15) is 0 Å². The number of aromatic nitrogens is 2. The maximum atomic E-state index is 12.7. The highest BCUT2D eigenvalue weighted by molar-refractivity contribution is 5.94. The first-order chi connectivity index (χ1) is 11.8. The molecular formula is C19H22N4O. The molecule has 124 valence electrons. The molecule has 0 saturated carbocycles. The van der Waals surface area contributed by atoms with E-state index in [1.54, 1.807) is 12.4 Å². The number of unbranched alkanes of at least 4 members (excludes halogenated alkanes) is 1. The lowest BCUT2D eigenvalue weighted by molar-refractivity contribution is 0.0742. The van der Waals surface area contributed by atoms with E-state index in [9.17, 15) is 4.79 Å². The first-order valence-electron chi connectivity index (χ1n) is 8.39. The average molecular weight is 322 g/mol. The highest BCUT2D eigenvalue weighted by Gasteiger charge is 2.25. The van der Waals surface area contributed by atoms with E-state index in [-0.39, 0.29) is 11.9 Å². The lowest BCUT2D eigenvalue weighted by Crippen LogP contribution is -2.36. The lowest BCUT2D eigenvalue weighted by atomic mass is 10.1. The number of nitrogens with one attached hydrogen (secondary N) is 1. The first-order valence-corrected chi connectivity index (χ1v) is 8.39. The van der Waals surface area contributed by atoms with Gasteiger partial charge in [-0.15, -0.1) is 0 Å². The number of carbonyl (C=O) groups excluding carboxylic acids is 1. The molecule has 1 aromatic carbocycles. The standard InChI is InChI=1S/C19H22N4O/c1-2-3-10-17-11-7-12-23(17)18(24)15-13-20-19(21-14-15)22-16-8-5-4-6-9-16/h4-9,11,13-14,17H,2-3,10,12H2,1H3,(H,20,21,22). The number of hydrogen-bond acceptors (Lipinski definition) is 4. The molecule has 0 saturated heterocycles. The number of anilines is 2. The van der Waals surface area contributed by atoms with Gasteiger partial charge in [0.15, 0.2) is 0 Å². The van der Waals surface area contributed by atoms with E-state index < -0.39 is 0 Å². The summed E-state index contributed by atoms with van der Waals surface area (Å²) in [6, 6.07) is 9.91. The van der Waals surface area contributed by atoms with E-state index in [2.05, 4.69) is 34.4 Å². The Kier molecular flexibility index (Phi) is 5.21. The number of hydrogen-bond donors (Lipinski definition) is 1. The first kappa shape index (κ1) is 16.2. The van der Waals surface area contributed by atoms with Crippen molar-refractivity contribution in [2.75, 3.05) is 11.9 Å². The van der Waals surface area contributed by atoms with Crippen molar-refractivity contribution in [1.82, 2.24) is 14.9 Å². The molecule has 1 aromatic heterocycles. The van der Waals surface area contributed by atoms with Gasteiger partial charge in [-0.3, -0.25) is 4.79 Å². The molecule has 2 aromatic rings. The minimum atomic E-state index is -0.00707. The Hall–Kier alpha value is -2.69. The zero-order valence-corrected chi connectivity index (χ0v) is 13.9. The van der Waals surface area contributed by atoms with Crippen LogP contribution in [0.4, 0.5) is 11.6 Å². The highest BCUT2D eigenvalue weighted by atomic mass is 16.2. The van der Waals surface area contributed by atoms with Crippen molar-refractivity contribution in [2.24, 2.45) is 0 Å². The predicted molar refractivity (Wildman–Crippen MR) is 95.2 cm³/mol. The number of nitrogens with zero attached hydrogens (tertiary/aromatic N) is 3. The van der Waals surface area contributed by atoms with Crippen LogP contribution in [0.3, 0.4) is 0 Å². The second-order valence-corrected chi connectivity index (χ2v) is 5.88. The molecule has 3 rings (SSSR count). The Bertz CT molecular complexity index is 697. The molecule has 5 nitrogen and oxygen atoms in total. The molecule has 0 spiro atoms. The van der Waals surface area contributed by atoms with Crippen LogP contribution in [0.15, 0.2) is 54.9 Å². The van der Waals surface area contributed by atoms with Gasteiger partial charge in [0.2, 0.25) is 5.95 Å². The van der Waals surface area contributed by atoms with Crippen molar-refractivity contribution in [3.8, 4) is 0 Å². The van der Waals surface area contributed by atoms with Crippen molar-refractivity contribution in [3.05, 3.63) is 60.4 Å². The molecule has 5 heteroatoms. The van der Waals surface area contributed by atoms with E-state index in [0.29, 0.717) is 18.1 Å². The van der Waals surface area contributed by atoms with Crippen LogP contribution >= 0.6 is 0 Å². The van der Waals surface area contributed by atoms with Crippen LogP contribution in [-0.2, 0) is 0 Å². The summed E-state index contributed by atoms with van der Waals surface area (Å²) >= 11 is 0. The molecule has 0 bridgehead atoms. The number of amides is 1. The summed E-state index contributed by atoms with van der Waals surface area (Å²) in [4.78, 5) is 23.1. The van der Waals surface area contributed by atoms with Gasteiger partial charge in [0.05, 0.1) is 11.6 Å². The molecular weight excluding hydrogens is 300 g/mol. The topological polar surface area (TPSA) is 58.1 Å². The Morgan fingerprint density at radius 3 is 2.71 bits per heavy atom. The van der Waals surface area contributed by atoms with Crippen LogP contribution in [0.1, 0.15) is 36.5 Å². The summed E-state index contributed by atoms with van der Waals surface area (Å²) in [5.74, 6) is 0.479. The third-order valence-corrected chi connectivity index (χ3v) is 4.10. The third kappa shape index (κ3) is 3.79. The number of para-hydroxylation sites is 1. The molecule has 1 atom stereocenters. The van der Waals surface area contributed by atoms with Gasteiger partial charge < -0.3 is 10.2 Å². The van der Waals surface area contributed by atoms with Gasteiger partial charge >= 0.3 is 0 Å². The fraction of sp³-hybridized carbons (Fsp3) is 0.316. The van der Waals surface area contributed by atoms with Crippen LogP contribution in [0, 0.1) is 0 Å². The van der Waals surface area contributed by atoms with Gasteiger partial charge in [0.25, 0.3) is 5.91 Å². The molecule has 1 aliphatic rings. The van der Waals surface area contributed by atoms with Crippen LogP contribution < -0.4 is 5.32 Å². The second-order valence-electron chi connectivity index (χ2n) is 5.88. The zero-order chi connectivity index (χ0) is 16.8. The predicted octanol–water partition coefficient (Wildman–Crippen LogP) is 3.79. The summed E-state index contributed by atoms with van der Waals surface area (Å²) in [6.07, 6.45) is 10.6. The molecule has 1 unspecified atom stereocenters. The van der Waals surface area contributed by atoms with Gasteiger partial charge in [-0.1, -0.05) is 50.1 Å². The molecule has 0 aliphatic carbocycles. The SMILES string of the molecule is CCCCC1C=CCN1C(=O)c1cnc(Nc2ccccc2)nc1. The molecule has 1 amide bonds. The van der Waals surface area contributed by atoms with Crippen LogP contribution in [0.5, 0.6) is 0 Å². The van der Waals surface area contributed by atoms with Crippen molar-refractivity contribution in [2.45, 2.75) is 32.2 Å². The minimum absolute atomic E-state index is 0.00707. The number of rotatable bonds is 6. The summed E-state index contributed by atoms with van der Waals surface area (Å²) in [5, 5.41) is 3.12. The van der Waals surface area contributed by atoms with E-state index in [1.165, 1.54) is 0 Å². The van der Waals surface area contributed by atoms with Crippen molar-refractivity contribution >= 4 is 17.5 Å². The lowest BCUT2D eigenvalue weighted by Gasteiger charge is -2.24. The van der Waals surface area contributed by atoms with E-state index >= 15 is 0 Å². The normalized spacial score (nSPS) is 16.4. The third-order valence-electron chi connectivity index (χ3n) is 4.10.